The van der Waals surface area contributed by atoms with Gasteiger partial charge in [-0.3, -0.25) is 9.69 Å². The van der Waals surface area contributed by atoms with Crippen LogP contribution in [0.3, 0.4) is 0 Å². The Kier molecular flexibility index (Phi) is 5.73. The van der Waals surface area contributed by atoms with Gasteiger partial charge in [-0.05, 0) is 39.7 Å². The number of piperazine rings is 1. The number of amides is 1. The summed E-state index contributed by atoms with van der Waals surface area (Å²) in [6.45, 7) is 11.6. The quantitative estimate of drug-likeness (QED) is 0.862. The zero-order valence-corrected chi connectivity index (χ0v) is 15.6. The average Bonchev–Trinajstić information content (AvgIpc) is 3.15. The third kappa shape index (κ3) is 4.39. The van der Waals surface area contributed by atoms with Crippen LogP contribution in [-0.4, -0.2) is 72.1 Å². The lowest BCUT2D eigenvalue weighted by molar-refractivity contribution is -0.126. The molecule has 25 heavy (non-hydrogen) atoms. The molecule has 2 aliphatic rings. The minimum absolute atomic E-state index is 0.0959. The van der Waals surface area contributed by atoms with Crippen molar-refractivity contribution in [2.45, 2.75) is 45.7 Å². The first-order valence-corrected chi connectivity index (χ1v) is 9.42. The fraction of sp³-hybridized carbons (Fsp3) is 0.722. The Morgan fingerprint density at radius 3 is 2.36 bits per heavy atom. The van der Waals surface area contributed by atoms with E-state index in [0.717, 1.165) is 51.0 Å². The van der Waals surface area contributed by atoms with Crippen LogP contribution >= 0.6 is 0 Å². The van der Waals surface area contributed by atoms with Crippen molar-refractivity contribution in [3.63, 3.8) is 0 Å². The van der Waals surface area contributed by atoms with Gasteiger partial charge in [-0.15, -0.1) is 0 Å². The van der Waals surface area contributed by atoms with Gasteiger partial charge in [-0.1, -0.05) is 0 Å². The Morgan fingerprint density at radius 2 is 1.72 bits per heavy atom. The number of anilines is 2. The Balaban J connectivity index is 1.57. The van der Waals surface area contributed by atoms with Gasteiger partial charge in [0.05, 0.1) is 6.04 Å². The van der Waals surface area contributed by atoms with Gasteiger partial charge in [-0.25, -0.2) is 4.98 Å². The van der Waals surface area contributed by atoms with Crippen molar-refractivity contribution in [1.29, 1.82) is 0 Å². The molecular formula is C18H30N6O. The molecular weight excluding hydrogens is 316 g/mol. The number of nitrogens with one attached hydrogen (secondary N) is 1. The minimum atomic E-state index is -0.0959. The molecule has 2 fully saturated rings. The summed E-state index contributed by atoms with van der Waals surface area (Å²) in [5, 5.41) is 3.00. The van der Waals surface area contributed by atoms with E-state index in [1.54, 1.807) is 0 Å². The van der Waals surface area contributed by atoms with Crippen molar-refractivity contribution in [2.75, 3.05) is 49.1 Å². The Hall–Kier alpha value is -1.89. The third-order valence-electron chi connectivity index (χ3n) is 5.01. The molecule has 0 bridgehead atoms. The van der Waals surface area contributed by atoms with E-state index in [-0.39, 0.29) is 18.0 Å². The van der Waals surface area contributed by atoms with Crippen molar-refractivity contribution >= 4 is 17.7 Å². The van der Waals surface area contributed by atoms with Crippen LogP contribution in [0, 0.1) is 0 Å². The highest BCUT2D eigenvalue weighted by molar-refractivity contribution is 5.81. The summed E-state index contributed by atoms with van der Waals surface area (Å²) in [6.07, 6.45) is 4.35. The van der Waals surface area contributed by atoms with Crippen LogP contribution < -0.4 is 15.1 Å². The van der Waals surface area contributed by atoms with Crippen LogP contribution in [-0.2, 0) is 4.79 Å². The molecule has 0 unspecified atom stereocenters. The van der Waals surface area contributed by atoms with E-state index in [9.17, 15) is 4.79 Å². The summed E-state index contributed by atoms with van der Waals surface area (Å²) in [6, 6.07) is 2.09. The first-order valence-electron chi connectivity index (χ1n) is 9.42. The molecule has 1 atom stereocenters. The highest BCUT2D eigenvalue weighted by Crippen LogP contribution is 2.20. The smallest absolute Gasteiger partial charge is 0.237 e. The second-order valence-corrected chi connectivity index (χ2v) is 7.27. The van der Waals surface area contributed by atoms with Gasteiger partial charge in [0.25, 0.3) is 0 Å². The van der Waals surface area contributed by atoms with Crippen molar-refractivity contribution in [3.8, 4) is 0 Å². The number of nitrogens with zero attached hydrogens (tertiary/aromatic N) is 5. The van der Waals surface area contributed by atoms with Gasteiger partial charge in [0.2, 0.25) is 11.9 Å². The van der Waals surface area contributed by atoms with E-state index in [0.29, 0.717) is 0 Å². The highest BCUT2D eigenvalue weighted by Gasteiger charge is 2.27. The molecule has 138 valence electrons. The van der Waals surface area contributed by atoms with E-state index in [1.807, 2.05) is 33.0 Å². The topological polar surface area (TPSA) is 64.6 Å². The summed E-state index contributed by atoms with van der Waals surface area (Å²) in [5.41, 5.74) is 0. The first-order chi connectivity index (χ1) is 12.0. The summed E-state index contributed by atoms with van der Waals surface area (Å²) >= 11 is 0. The van der Waals surface area contributed by atoms with Gasteiger partial charge in [-0.2, -0.15) is 4.98 Å². The molecule has 1 N–H and O–H groups in total. The predicted octanol–water partition coefficient (Wildman–Crippen LogP) is 1.11. The van der Waals surface area contributed by atoms with Crippen LogP contribution in [0.25, 0.3) is 0 Å². The molecule has 1 aromatic heterocycles. The SMILES string of the molecule is CC(C)NC(=O)[C@H](C)N1CCN(c2nccc(N3CCCC3)n2)CC1. The Bertz CT molecular complexity index is 579. The maximum absolute atomic E-state index is 12.2. The normalized spacial score (nSPS) is 20.2. The van der Waals surface area contributed by atoms with E-state index in [2.05, 4.69) is 25.0 Å². The van der Waals surface area contributed by atoms with Crippen LogP contribution in [0.5, 0.6) is 0 Å². The second kappa shape index (κ2) is 7.99. The van der Waals surface area contributed by atoms with Crippen LogP contribution in [0.1, 0.15) is 33.6 Å². The number of hydrogen-bond acceptors (Lipinski definition) is 6. The molecule has 3 heterocycles. The maximum atomic E-state index is 12.2. The molecule has 0 spiro atoms. The van der Waals surface area contributed by atoms with Crippen LogP contribution in [0.2, 0.25) is 0 Å². The van der Waals surface area contributed by atoms with Crippen LogP contribution in [0.4, 0.5) is 11.8 Å². The first kappa shape index (κ1) is 17.9. The van der Waals surface area contributed by atoms with Crippen molar-refractivity contribution in [3.05, 3.63) is 12.3 Å². The summed E-state index contributed by atoms with van der Waals surface area (Å²) in [4.78, 5) is 28.2. The molecule has 0 saturated carbocycles. The number of carbonyl (C=O) groups excluding carboxylic acids is 1. The van der Waals surface area contributed by atoms with E-state index in [4.69, 9.17) is 4.98 Å². The molecule has 7 heteroatoms. The zero-order valence-electron chi connectivity index (χ0n) is 15.6. The maximum Gasteiger partial charge on any atom is 0.237 e. The zero-order chi connectivity index (χ0) is 17.8. The van der Waals surface area contributed by atoms with Gasteiger partial charge < -0.3 is 15.1 Å². The molecule has 1 aromatic rings. The number of hydrogen-bond donors (Lipinski definition) is 1. The lowest BCUT2D eigenvalue weighted by Crippen LogP contribution is -2.54. The highest BCUT2D eigenvalue weighted by atomic mass is 16.2. The molecule has 0 radical (unpaired) electrons. The van der Waals surface area contributed by atoms with E-state index >= 15 is 0 Å². The van der Waals surface area contributed by atoms with Gasteiger partial charge >= 0.3 is 0 Å². The number of carbonyl (C=O) groups is 1. The van der Waals surface area contributed by atoms with Crippen molar-refractivity contribution < 1.29 is 4.79 Å². The van der Waals surface area contributed by atoms with Crippen molar-refractivity contribution in [2.24, 2.45) is 0 Å². The fourth-order valence-electron chi connectivity index (χ4n) is 3.49. The number of aromatic nitrogens is 2. The molecule has 3 rings (SSSR count). The van der Waals surface area contributed by atoms with Gasteiger partial charge in [0.1, 0.15) is 5.82 Å². The van der Waals surface area contributed by atoms with Gasteiger partial charge in [0.15, 0.2) is 0 Å². The monoisotopic (exact) mass is 346 g/mol. The third-order valence-corrected chi connectivity index (χ3v) is 5.01. The van der Waals surface area contributed by atoms with Crippen LogP contribution in [0.15, 0.2) is 12.3 Å². The second-order valence-electron chi connectivity index (χ2n) is 7.27. The average molecular weight is 346 g/mol. The largest absolute Gasteiger partial charge is 0.356 e. The lowest BCUT2D eigenvalue weighted by Gasteiger charge is -2.37. The summed E-state index contributed by atoms with van der Waals surface area (Å²) < 4.78 is 0. The molecule has 0 aromatic carbocycles. The Labute approximate surface area is 150 Å². The molecule has 2 aliphatic heterocycles. The summed E-state index contributed by atoms with van der Waals surface area (Å²) in [7, 11) is 0. The molecule has 1 amide bonds. The van der Waals surface area contributed by atoms with Crippen molar-refractivity contribution in [1.82, 2.24) is 20.2 Å². The van der Waals surface area contributed by atoms with E-state index < -0.39 is 0 Å². The van der Waals surface area contributed by atoms with E-state index in [1.165, 1.54) is 12.8 Å². The predicted molar refractivity (Wildman–Crippen MR) is 100 cm³/mol. The molecule has 2 saturated heterocycles. The lowest BCUT2D eigenvalue weighted by atomic mass is 10.2. The Morgan fingerprint density at radius 1 is 1.04 bits per heavy atom. The molecule has 7 nitrogen and oxygen atoms in total. The minimum Gasteiger partial charge on any atom is -0.356 e. The summed E-state index contributed by atoms with van der Waals surface area (Å²) in [5.74, 6) is 1.95. The standard InChI is InChI=1S/C18H30N6O/c1-14(2)20-17(25)15(3)22-10-12-24(13-11-22)18-19-7-6-16(21-18)23-8-4-5-9-23/h6-7,14-15H,4-5,8-13H2,1-3H3,(H,20,25)/t15-/m0/s1. The van der Waals surface area contributed by atoms with Gasteiger partial charge in [0, 0.05) is 51.5 Å². The molecule has 0 aliphatic carbocycles. The fourth-order valence-corrected chi connectivity index (χ4v) is 3.49. The number of rotatable bonds is 5.